The molecule has 0 aromatic heterocycles. The minimum atomic E-state index is -3.94. The Balaban J connectivity index is 3.14. The summed E-state index contributed by atoms with van der Waals surface area (Å²) in [5.41, 5.74) is 5.30. The Hall–Kier alpha value is -1.67. The molecule has 0 fully saturated rings. The molecule has 1 aromatic carbocycles. The fraction of sp³-hybridized carbons (Fsp3) is 0.364. The third kappa shape index (κ3) is 3.42. The smallest absolute Gasteiger partial charge is 0.241 e. The number of benzene rings is 1. The van der Waals surface area contributed by atoms with Gasteiger partial charge in [0, 0.05) is 7.05 Å². The molecule has 0 radical (unpaired) electrons. The van der Waals surface area contributed by atoms with Crippen molar-refractivity contribution in [3.05, 3.63) is 23.5 Å². The van der Waals surface area contributed by atoms with Crippen LogP contribution in [0.2, 0.25) is 0 Å². The molecule has 0 aliphatic carbocycles. The SMILES string of the molecule is CNC(=O)C(C)NS(=O)(=O)c1cc(N)c(F)cc1C. The van der Waals surface area contributed by atoms with Gasteiger partial charge >= 0.3 is 0 Å². The van der Waals surface area contributed by atoms with Crippen LogP contribution in [0, 0.1) is 12.7 Å². The number of hydrogen-bond donors (Lipinski definition) is 3. The van der Waals surface area contributed by atoms with Gasteiger partial charge in [-0.2, -0.15) is 4.72 Å². The van der Waals surface area contributed by atoms with Gasteiger partial charge in [-0.25, -0.2) is 12.8 Å². The van der Waals surface area contributed by atoms with Crippen LogP contribution in [0.3, 0.4) is 0 Å². The number of aryl methyl sites for hydroxylation is 1. The van der Waals surface area contributed by atoms with E-state index in [9.17, 15) is 17.6 Å². The molecule has 0 aliphatic rings. The lowest BCUT2D eigenvalue weighted by Crippen LogP contribution is -2.43. The normalized spacial score (nSPS) is 13.1. The van der Waals surface area contributed by atoms with E-state index >= 15 is 0 Å². The zero-order valence-corrected chi connectivity index (χ0v) is 11.6. The molecule has 0 spiro atoms. The quantitative estimate of drug-likeness (QED) is 0.686. The van der Waals surface area contributed by atoms with E-state index in [2.05, 4.69) is 10.0 Å². The summed E-state index contributed by atoms with van der Waals surface area (Å²) in [5, 5.41) is 2.32. The van der Waals surface area contributed by atoms with E-state index in [1.54, 1.807) is 0 Å². The van der Waals surface area contributed by atoms with Crippen LogP contribution in [0.4, 0.5) is 10.1 Å². The standard InChI is InChI=1S/C11H16FN3O3S/c1-6-4-8(12)9(13)5-10(6)19(17,18)15-7(2)11(16)14-3/h4-5,7,15H,13H2,1-3H3,(H,14,16). The van der Waals surface area contributed by atoms with Crippen molar-refractivity contribution < 1.29 is 17.6 Å². The lowest BCUT2D eigenvalue weighted by atomic mass is 10.2. The van der Waals surface area contributed by atoms with Gasteiger partial charge in [0.15, 0.2) is 0 Å². The van der Waals surface area contributed by atoms with E-state index in [-0.39, 0.29) is 16.1 Å². The van der Waals surface area contributed by atoms with Crippen LogP contribution in [-0.4, -0.2) is 27.4 Å². The maximum absolute atomic E-state index is 13.2. The number of halogens is 1. The number of nitrogens with two attached hydrogens (primary N) is 1. The van der Waals surface area contributed by atoms with Crippen molar-refractivity contribution in [1.82, 2.24) is 10.0 Å². The second-order valence-electron chi connectivity index (χ2n) is 4.10. The molecule has 1 atom stereocenters. The first kappa shape index (κ1) is 15.4. The number of anilines is 1. The van der Waals surface area contributed by atoms with Gasteiger partial charge in [0.25, 0.3) is 0 Å². The topological polar surface area (TPSA) is 101 Å². The van der Waals surface area contributed by atoms with Gasteiger partial charge in [-0.05, 0) is 31.5 Å². The summed E-state index contributed by atoms with van der Waals surface area (Å²) in [4.78, 5) is 11.2. The molecule has 1 aromatic rings. The number of nitrogens with one attached hydrogen (secondary N) is 2. The van der Waals surface area contributed by atoms with Gasteiger partial charge in [0.2, 0.25) is 15.9 Å². The fourth-order valence-electron chi connectivity index (χ4n) is 1.52. The highest BCUT2D eigenvalue weighted by Gasteiger charge is 2.23. The second-order valence-corrected chi connectivity index (χ2v) is 5.78. The molecule has 0 heterocycles. The fourth-order valence-corrected chi connectivity index (χ4v) is 2.99. The average molecular weight is 289 g/mol. The molecular weight excluding hydrogens is 273 g/mol. The minimum Gasteiger partial charge on any atom is -0.396 e. The van der Waals surface area contributed by atoms with E-state index in [0.717, 1.165) is 12.1 Å². The molecule has 1 amide bonds. The number of carbonyl (C=O) groups excluding carboxylic acids is 1. The number of sulfonamides is 1. The molecule has 1 rings (SSSR count). The van der Waals surface area contributed by atoms with Crippen LogP contribution < -0.4 is 15.8 Å². The first-order valence-electron chi connectivity index (χ1n) is 5.48. The molecule has 106 valence electrons. The van der Waals surface area contributed by atoms with Crippen molar-refractivity contribution in [2.24, 2.45) is 0 Å². The molecule has 6 nitrogen and oxygen atoms in total. The van der Waals surface area contributed by atoms with Gasteiger partial charge in [-0.3, -0.25) is 4.79 Å². The Morgan fingerprint density at radius 2 is 2.00 bits per heavy atom. The summed E-state index contributed by atoms with van der Waals surface area (Å²) in [7, 11) is -2.54. The zero-order chi connectivity index (χ0) is 14.8. The maximum Gasteiger partial charge on any atom is 0.241 e. The first-order valence-corrected chi connectivity index (χ1v) is 6.97. The highest BCUT2D eigenvalue weighted by atomic mass is 32.2. The molecule has 0 saturated heterocycles. The van der Waals surface area contributed by atoms with E-state index in [1.807, 2.05) is 0 Å². The summed E-state index contributed by atoms with van der Waals surface area (Å²) >= 11 is 0. The van der Waals surface area contributed by atoms with Gasteiger partial charge in [-0.15, -0.1) is 0 Å². The van der Waals surface area contributed by atoms with Crippen molar-refractivity contribution in [2.75, 3.05) is 12.8 Å². The molecule has 1 unspecified atom stereocenters. The van der Waals surface area contributed by atoms with Crippen LogP contribution in [0.15, 0.2) is 17.0 Å². The highest BCUT2D eigenvalue weighted by Crippen LogP contribution is 2.21. The second kappa shape index (κ2) is 5.54. The Kier molecular flexibility index (Phi) is 4.48. The predicted molar refractivity (Wildman–Crippen MR) is 69.4 cm³/mol. The number of hydrogen-bond acceptors (Lipinski definition) is 4. The van der Waals surface area contributed by atoms with Gasteiger partial charge in [-0.1, -0.05) is 0 Å². The van der Waals surface area contributed by atoms with Gasteiger partial charge in [0.1, 0.15) is 5.82 Å². The highest BCUT2D eigenvalue weighted by molar-refractivity contribution is 7.89. The molecule has 4 N–H and O–H groups in total. The van der Waals surface area contributed by atoms with E-state index < -0.39 is 27.8 Å². The van der Waals surface area contributed by atoms with Crippen LogP contribution >= 0.6 is 0 Å². The molecule has 8 heteroatoms. The van der Waals surface area contributed by atoms with E-state index in [1.165, 1.54) is 20.9 Å². The van der Waals surface area contributed by atoms with Crippen LogP contribution in [0.1, 0.15) is 12.5 Å². The zero-order valence-electron chi connectivity index (χ0n) is 10.8. The van der Waals surface area contributed by atoms with Crippen LogP contribution in [-0.2, 0) is 14.8 Å². The number of amides is 1. The summed E-state index contributed by atoms with van der Waals surface area (Å²) in [6.07, 6.45) is 0. The van der Waals surface area contributed by atoms with Crippen molar-refractivity contribution in [3.63, 3.8) is 0 Å². The van der Waals surface area contributed by atoms with Crippen molar-refractivity contribution in [1.29, 1.82) is 0 Å². The van der Waals surface area contributed by atoms with Gasteiger partial charge < -0.3 is 11.1 Å². The minimum absolute atomic E-state index is 0.151. The molecule has 0 bridgehead atoms. The summed E-state index contributed by atoms with van der Waals surface area (Å²) in [5.74, 6) is -1.16. The summed E-state index contributed by atoms with van der Waals surface area (Å²) in [6, 6.07) is 1.12. The van der Waals surface area contributed by atoms with Crippen LogP contribution in [0.5, 0.6) is 0 Å². The molecule has 0 aliphatic heterocycles. The van der Waals surface area contributed by atoms with Crippen molar-refractivity contribution in [2.45, 2.75) is 24.8 Å². The Labute approximate surface area is 111 Å². The monoisotopic (exact) mass is 289 g/mol. The van der Waals surface area contributed by atoms with Gasteiger partial charge in [0.05, 0.1) is 16.6 Å². The van der Waals surface area contributed by atoms with E-state index in [0.29, 0.717) is 0 Å². The maximum atomic E-state index is 13.2. The lowest BCUT2D eigenvalue weighted by Gasteiger charge is -2.14. The lowest BCUT2D eigenvalue weighted by molar-refractivity contribution is -0.121. The van der Waals surface area contributed by atoms with Crippen LogP contribution in [0.25, 0.3) is 0 Å². The molecular formula is C11H16FN3O3S. The molecule has 0 saturated carbocycles. The predicted octanol–water partition coefficient (Wildman–Crippen LogP) is 0.129. The third-order valence-electron chi connectivity index (χ3n) is 2.56. The average Bonchev–Trinajstić information content (AvgIpc) is 2.31. The Bertz CT molecular complexity index is 601. The third-order valence-corrected chi connectivity index (χ3v) is 4.24. The number of nitrogen functional groups attached to an aromatic ring is 1. The summed E-state index contributed by atoms with van der Waals surface area (Å²) in [6.45, 7) is 2.85. The first-order chi connectivity index (χ1) is 8.69. The van der Waals surface area contributed by atoms with Crippen molar-refractivity contribution in [3.8, 4) is 0 Å². The Morgan fingerprint density at radius 3 is 2.53 bits per heavy atom. The van der Waals surface area contributed by atoms with E-state index in [4.69, 9.17) is 5.73 Å². The Morgan fingerprint density at radius 1 is 1.42 bits per heavy atom. The largest absolute Gasteiger partial charge is 0.396 e. The van der Waals surface area contributed by atoms with Crippen molar-refractivity contribution >= 4 is 21.6 Å². The summed E-state index contributed by atoms with van der Waals surface area (Å²) < 4.78 is 39.5. The number of rotatable bonds is 4. The number of carbonyl (C=O) groups is 1. The molecule has 19 heavy (non-hydrogen) atoms. The number of likely N-dealkylation sites (N-methyl/N-ethyl adjacent to an activating group) is 1.